The van der Waals surface area contributed by atoms with Crippen molar-refractivity contribution in [3.63, 3.8) is 0 Å². The lowest BCUT2D eigenvalue weighted by molar-refractivity contribution is -0.137. The zero-order chi connectivity index (χ0) is 20.0. The highest BCUT2D eigenvalue weighted by atomic mass is 19.4. The van der Waals surface area contributed by atoms with Gasteiger partial charge in [-0.15, -0.1) is 0 Å². The molecular formula is C20H22F3NO3. The maximum atomic E-state index is 12.8. The highest BCUT2D eigenvalue weighted by molar-refractivity contribution is 5.89. The molecule has 146 valence electrons. The van der Waals surface area contributed by atoms with Crippen molar-refractivity contribution in [3.05, 3.63) is 70.8 Å². The van der Waals surface area contributed by atoms with Crippen LogP contribution in [0.3, 0.4) is 0 Å². The molecule has 0 saturated carbocycles. The van der Waals surface area contributed by atoms with Crippen molar-refractivity contribution in [2.45, 2.75) is 31.7 Å². The fourth-order valence-electron chi connectivity index (χ4n) is 2.67. The molecule has 27 heavy (non-hydrogen) atoms. The van der Waals surface area contributed by atoms with E-state index in [1.165, 1.54) is 19.2 Å². The van der Waals surface area contributed by atoms with E-state index in [-0.39, 0.29) is 18.2 Å². The number of aliphatic hydroxyl groups excluding tert-OH is 1. The first-order valence-corrected chi connectivity index (χ1v) is 8.46. The molecular weight excluding hydrogens is 359 g/mol. The molecule has 2 N–H and O–H groups in total. The molecule has 0 unspecified atom stereocenters. The quantitative estimate of drug-likeness (QED) is 0.718. The third-order valence-corrected chi connectivity index (χ3v) is 4.18. The van der Waals surface area contributed by atoms with Crippen LogP contribution in [0.25, 0.3) is 0 Å². The molecule has 0 aromatic heterocycles. The van der Waals surface area contributed by atoms with Gasteiger partial charge in [-0.05, 0) is 48.7 Å². The number of hydrogen-bond acceptors (Lipinski definition) is 4. The predicted octanol–water partition coefficient (Wildman–Crippen LogP) is 3.75. The Kier molecular flexibility index (Phi) is 6.98. The minimum Gasteiger partial charge on any atom is -0.465 e. The Morgan fingerprint density at radius 2 is 1.85 bits per heavy atom. The molecule has 0 saturated heterocycles. The molecule has 2 rings (SSSR count). The Morgan fingerprint density at radius 1 is 1.19 bits per heavy atom. The molecule has 0 fully saturated rings. The monoisotopic (exact) mass is 381 g/mol. The van der Waals surface area contributed by atoms with Gasteiger partial charge in [-0.1, -0.05) is 24.3 Å². The van der Waals surface area contributed by atoms with Gasteiger partial charge < -0.3 is 15.2 Å². The third kappa shape index (κ3) is 6.08. The minimum atomic E-state index is -4.44. The molecule has 0 heterocycles. The molecule has 2 atom stereocenters. The Bertz CT molecular complexity index is 760. The van der Waals surface area contributed by atoms with E-state index in [1.54, 1.807) is 12.1 Å². The summed E-state index contributed by atoms with van der Waals surface area (Å²) in [6.07, 6.45) is -4.85. The number of hydrogen-bond donors (Lipinski definition) is 2. The minimum absolute atomic E-state index is 0.0191. The van der Waals surface area contributed by atoms with Gasteiger partial charge in [-0.3, -0.25) is 0 Å². The van der Waals surface area contributed by atoms with E-state index >= 15 is 0 Å². The smallest absolute Gasteiger partial charge is 0.416 e. The molecule has 0 radical (unpaired) electrons. The largest absolute Gasteiger partial charge is 0.465 e. The summed E-state index contributed by atoms with van der Waals surface area (Å²) in [5, 5.41) is 13.3. The average molecular weight is 381 g/mol. The number of aliphatic hydroxyl groups is 1. The van der Waals surface area contributed by atoms with Gasteiger partial charge in [0.05, 0.1) is 24.3 Å². The Balaban J connectivity index is 1.89. The number of benzene rings is 2. The summed E-state index contributed by atoms with van der Waals surface area (Å²) in [6.45, 7) is 2.04. The predicted molar refractivity (Wildman–Crippen MR) is 95.4 cm³/mol. The third-order valence-electron chi connectivity index (χ3n) is 4.18. The van der Waals surface area contributed by atoms with Gasteiger partial charge in [0.1, 0.15) is 0 Å². The lowest BCUT2D eigenvalue weighted by Crippen LogP contribution is -2.32. The fourth-order valence-corrected chi connectivity index (χ4v) is 2.67. The summed E-state index contributed by atoms with van der Waals surface area (Å²) < 4.78 is 42.9. The van der Waals surface area contributed by atoms with E-state index in [0.29, 0.717) is 12.0 Å². The summed E-state index contributed by atoms with van der Waals surface area (Å²) >= 11 is 0. The summed E-state index contributed by atoms with van der Waals surface area (Å²) in [7, 11) is 1.32. The second-order valence-electron chi connectivity index (χ2n) is 6.34. The van der Waals surface area contributed by atoms with E-state index in [4.69, 9.17) is 0 Å². The number of halogens is 3. The van der Waals surface area contributed by atoms with Crippen LogP contribution in [0.1, 0.15) is 40.1 Å². The Labute approximate surface area is 156 Å². The first kappa shape index (κ1) is 20.9. The van der Waals surface area contributed by atoms with Crippen LogP contribution in [0, 0.1) is 0 Å². The van der Waals surface area contributed by atoms with E-state index < -0.39 is 23.8 Å². The summed E-state index contributed by atoms with van der Waals surface area (Å²) in [5.41, 5.74) is 0.878. The van der Waals surface area contributed by atoms with Crippen molar-refractivity contribution >= 4 is 5.97 Å². The maximum absolute atomic E-state index is 12.8. The second-order valence-corrected chi connectivity index (χ2v) is 6.34. The number of carbonyl (C=O) groups excluding carboxylic acids is 1. The topological polar surface area (TPSA) is 58.6 Å². The van der Waals surface area contributed by atoms with Gasteiger partial charge in [0.2, 0.25) is 0 Å². The molecule has 0 spiro atoms. The van der Waals surface area contributed by atoms with Crippen LogP contribution in [-0.4, -0.2) is 30.8 Å². The van der Waals surface area contributed by atoms with Gasteiger partial charge in [-0.25, -0.2) is 4.79 Å². The van der Waals surface area contributed by atoms with E-state index in [2.05, 4.69) is 10.1 Å². The van der Waals surface area contributed by atoms with Crippen LogP contribution < -0.4 is 5.32 Å². The number of rotatable bonds is 7. The van der Waals surface area contributed by atoms with Crippen molar-refractivity contribution in [2.24, 2.45) is 0 Å². The normalized spacial score (nSPS) is 13.9. The maximum Gasteiger partial charge on any atom is 0.416 e. The van der Waals surface area contributed by atoms with Crippen molar-refractivity contribution in [3.8, 4) is 0 Å². The molecule has 4 nitrogen and oxygen atoms in total. The fraction of sp³-hybridized carbons (Fsp3) is 0.350. The lowest BCUT2D eigenvalue weighted by Gasteiger charge is -2.18. The lowest BCUT2D eigenvalue weighted by atomic mass is 10.0. The molecule has 2 aromatic rings. The first-order chi connectivity index (χ1) is 12.7. The first-order valence-electron chi connectivity index (χ1n) is 8.46. The van der Waals surface area contributed by atoms with E-state index in [0.717, 1.165) is 17.7 Å². The van der Waals surface area contributed by atoms with Crippen molar-refractivity contribution in [1.82, 2.24) is 5.32 Å². The van der Waals surface area contributed by atoms with Gasteiger partial charge in [0, 0.05) is 12.6 Å². The number of alkyl halides is 3. The van der Waals surface area contributed by atoms with Crippen LogP contribution in [0.5, 0.6) is 0 Å². The Morgan fingerprint density at radius 3 is 2.44 bits per heavy atom. The number of nitrogens with one attached hydrogen (secondary N) is 1. The summed E-state index contributed by atoms with van der Waals surface area (Å²) in [4.78, 5) is 11.4. The van der Waals surface area contributed by atoms with Crippen LogP contribution in [0.4, 0.5) is 13.2 Å². The second kappa shape index (κ2) is 9.01. The average Bonchev–Trinajstić information content (AvgIpc) is 2.65. The van der Waals surface area contributed by atoms with Crippen LogP contribution in [0.2, 0.25) is 0 Å². The number of methoxy groups -OCH3 is 1. The van der Waals surface area contributed by atoms with Crippen LogP contribution >= 0.6 is 0 Å². The molecule has 7 heteroatoms. The number of carbonyl (C=O) groups is 1. The molecule has 2 aromatic carbocycles. The molecule has 0 aliphatic carbocycles. The number of esters is 1. The van der Waals surface area contributed by atoms with Gasteiger partial charge in [-0.2, -0.15) is 13.2 Å². The molecule has 0 bridgehead atoms. The van der Waals surface area contributed by atoms with Crippen molar-refractivity contribution in [2.75, 3.05) is 13.7 Å². The zero-order valence-electron chi connectivity index (χ0n) is 15.1. The van der Waals surface area contributed by atoms with Crippen molar-refractivity contribution < 1.29 is 27.8 Å². The highest BCUT2D eigenvalue weighted by Crippen LogP contribution is 2.30. The number of ether oxygens (including phenoxy) is 1. The van der Waals surface area contributed by atoms with E-state index in [9.17, 15) is 23.1 Å². The summed E-state index contributed by atoms with van der Waals surface area (Å²) in [5.74, 6) is -0.406. The summed E-state index contributed by atoms with van der Waals surface area (Å²) in [6, 6.07) is 11.6. The standard InChI is InChI=1S/C20H22F3NO3/c1-13(10-14-6-8-15(9-7-14)19(26)27-2)24-12-18(25)16-4-3-5-17(11-16)20(21,22)23/h3-9,11,13,18,24-25H,10,12H2,1-2H3/t13-,18+/m1/s1. The van der Waals surface area contributed by atoms with E-state index in [1.807, 2.05) is 19.1 Å². The van der Waals surface area contributed by atoms with Crippen LogP contribution in [-0.2, 0) is 17.3 Å². The molecule has 0 aliphatic rings. The molecule has 0 amide bonds. The SMILES string of the molecule is COC(=O)c1ccc(C[C@@H](C)NC[C@H](O)c2cccc(C(F)(F)F)c2)cc1. The van der Waals surface area contributed by atoms with Gasteiger partial charge in [0.15, 0.2) is 0 Å². The van der Waals surface area contributed by atoms with Gasteiger partial charge in [0.25, 0.3) is 0 Å². The van der Waals surface area contributed by atoms with Crippen molar-refractivity contribution in [1.29, 1.82) is 0 Å². The zero-order valence-corrected chi connectivity index (χ0v) is 15.1. The highest BCUT2D eigenvalue weighted by Gasteiger charge is 2.30. The van der Waals surface area contributed by atoms with Gasteiger partial charge >= 0.3 is 12.1 Å². The molecule has 0 aliphatic heterocycles. The Hall–Kier alpha value is -2.38. The van der Waals surface area contributed by atoms with Crippen LogP contribution in [0.15, 0.2) is 48.5 Å².